The highest BCUT2D eigenvalue weighted by molar-refractivity contribution is 6.39. The molecular formula is C9H10N2O3. The van der Waals surface area contributed by atoms with E-state index in [9.17, 15) is 14.7 Å². The molecule has 0 aliphatic heterocycles. The van der Waals surface area contributed by atoms with Crippen LogP contribution in [0.1, 0.15) is 0 Å². The second kappa shape index (κ2) is 4.27. The molecule has 5 heteroatoms. The topological polar surface area (TPSA) is 78.4 Å². The van der Waals surface area contributed by atoms with Gasteiger partial charge in [0.05, 0.1) is 5.69 Å². The van der Waals surface area contributed by atoms with E-state index in [-0.39, 0.29) is 11.4 Å². The maximum atomic E-state index is 11.1. The minimum atomic E-state index is -0.811. The summed E-state index contributed by atoms with van der Waals surface area (Å²) in [6.45, 7) is 0. The normalized spacial score (nSPS) is 9.21. The van der Waals surface area contributed by atoms with E-state index in [1.807, 2.05) is 0 Å². The molecule has 14 heavy (non-hydrogen) atoms. The lowest BCUT2D eigenvalue weighted by atomic mass is 10.3. The molecule has 2 amide bonds. The second-order valence-corrected chi connectivity index (χ2v) is 2.55. The van der Waals surface area contributed by atoms with Gasteiger partial charge in [0, 0.05) is 7.05 Å². The maximum Gasteiger partial charge on any atom is 0.313 e. The number of aromatic hydroxyl groups is 1. The average molecular weight is 194 g/mol. The molecule has 3 N–H and O–H groups in total. The van der Waals surface area contributed by atoms with Crippen LogP contribution < -0.4 is 10.6 Å². The van der Waals surface area contributed by atoms with Crippen LogP contribution in [0, 0.1) is 0 Å². The summed E-state index contributed by atoms with van der Waals surface area (Å²) in [5.41, 5.74) is 0.209. The van der Waals surface area contributed by atoms with Gasteiger partial charge in [0.1, 0.15) is 5.75 Å². The van der Waals surface area contributed by atoms with Gasteiger partial charge in [0.15, 0.2) is 0 Å². The molecule has 0 saturated heterocycles. The van der Waals surface area contributed by atoms with Crippen molar-refractivity contribution in [2.45, 2.75) is 0 Å². The molecule has 1 aromatic carbocycles. The Kier molecular flexibility index (Phi) is 3.06. The quantitative estimate of drug-likeness (QED) is 0.437. The molecule has 0 fully saturated rings. The number of hydrogen-bond acceptors (Lipinski definition) is 3. The summed E-state index contributed by atoms with van der Waals surface area (Å²) >= 11 is 0. The number of phenolic OH excluding ortho intramolecular Hbond substituents is 1. The monoisotopic (exact) mass is 194 g/mol. The van der Waals surface area contributed by atoms with E-state index in [0.29, 0.717) is 0 Å². The average Bonchev–Trinajstić information content (AvgIpc) is 2.20. The summed E-state index contributed by atoms with van der Waals surface area (Å²) < 4.78 is 0. The number of hydrogen-bond donors (Lipinski definition) is 3. The van der Waals surface area contributed by atoms with Crippen molar-refractivity contribution >= 4 is 17.5 Å². The van der Waals surface area contributed by atoms with Crippen LogP contribution in [0.5, 0.6) is 5.75 Å². The van der Waals surface area contributed by atoms with Crippen molar-refractivity contribution in [1.29, 1.82) is 0 Å². The lowest BCUT2D eigenvalue weighted by Gasteiger charge is -2.05. The number of amides is 2. The first kappa shape index (κ1) is 10.0. The first-order valence-electron chi connectivity index (χ1n) is 3.96. The summed E-state index contributed by atoms with van der Waals surface area (Å²) in [6, 6.07) is 6.17. The van der Waals surface area contributed by atoms with Gasteiger partial charge >= 0.3 is 11.8 Å². The summed E-state index contributed by atoms with van der Waals surface area (Å²) in [6.07, 6.45) is 0. The molecule has 1 aromatic rings. The van der Waals surface area contributed by atoms with Crippen LogP contribution in [0.15, 0.2) is 24.3 Å². The van der Waals surface area contributed by atoms with Gasteiger partial charge in [0.25, 0.3) is 0 Å². The highest BCUT2D eigenvalue weighted by atomic mass is 16.3. The Morgan fingerprint density at radius 3 is 2.43 bits per heavy atom. The Morgan fingerprint density at radius 2 is 1.86 bits per heavy atom. The van der Waals surface area contributed by atoms with E-state index in [2.05, 4.69) is 10.6 Å². The molecule has 0 spiro atoms. The fourth-order valence-electron chi connectivity index (χ4n) is 0.872. The van der Waals surface area contributed by atoms with Gasteiger partial charge in [-0.25, -0.2) is 0 Å². The number of anilines is 1. The molecule has 0 atom stereocenters. The largest absolute Gasteiger partial charge is 0.506 e. The molecular weight excluding hydrogens is 184 g/mol. The number of nitrogens with one attached hydrogen (secondary N) is 2. The predicted molar refractivity (Wildman–Crippen MR) is 50.8 cm³/mol. The minimum Gasteiger partial charge on any atom is -0.506 e. The Balaban J connectivity index is 2.75. The SMILES string of the molecule is CNC(=O)C(=O)Nc1ccccc1O. The summed E-state index contributed by atoms with van der Waals surface area (Å²) in [5, 5.41) is 13.7. The van der Waals surface area contributed by atoms with Gasteiger partial charge in [-0.3, -0.25) is 9.59 Å². The third-order valence-corrected chi connectivity index (χ3v) is 1.59. The number of benzene rings is 1. The first-order valence-corrected chi connectivity index (χ1v) is 3.96. The summed E-state index contributed by atoms with van der Waals surface area (Å²) in [7, 11) is 1.35. The molecule has 0 saturated carbocycles. The first-order chi connectivity index (χ1) is 6.65. The fraction of sp³-hybridized carbons (Fsp3) is 0.111. The van der Waals surface area contributed by atoms with Crippen LogP contribution in [0.3, 0.4) is 0 Å². The van der Waals surface area contributed by atoms with Crippen molar-refractivity contribution in [2.75, 3.05) is 12.4 Å². The number of carbonyl (C=O) groups excluding carboxylic acids is 2. The van der Waals surface area contributed by atoms with Crippen LogP contribution >= 0.6 is 0 Å². The highest BCUT2D eigenvalue weighted by Crippen LogP contribution is 2.20. The highest BCUT2D eigenvalue weighted by Gasteiger charge is 2.12. The zero-order chi connectivity index (χ0) is 10.6. The van der Waals surface area contributed by atoms with Crippen molar-refractivity contribution < 1.29 is 14.7 Å². The fourth-order valence-corrected chi connectivity index (χ4v) is 0.872. The van der Waals surface area contributed by atoms with E-state index in [1.54, 1.807) is 12.1 Å². The third kappa shape index (κ3) is 2.22. The molecule has 0 heterocycles. The lowest BCUT2D eigenvalue weighted by molar-refractivity contribution is -0.135. The third-order valence-electron chi connectivity index (χ3n) is 1.59. The van der Waals surface area contributed by atoms with Gasteiger partial charge in [-0.15, -0.1) is 0 Å². The standard InChI is InChI=1S/C9H10N2O3/c1-10-8(13)9(14)11-6-4-2-3-5-7(6)12/h2-5,12H,1H3,(H,10,13)(H,11,14). The van der Waals surface area contributed by atoms with Crippen molar-refractivity contribution in [3.63, 3.8) is 0 Å². The van der Waals surface area contributed by atoms with Crippen molar-refractivity contribution in [2.24, 2.45) is 0 Å². The van der Waals surface area contributed by atoms with Crippen LogP contribution in [-0.4, -0.2) is 24.0 Å². The Morgan fingerprint density at radius 1 is 1.21 bits per heavy atom. The van der Waals surface area contributed by atoms with Crippen molar-refractivity contribution in [3.8, 4) is 5.75 Å². The Labute approximate surface area is 80.7 Å². The molecule has 0 aromatic heterocycles. The number of phenols is 1. The van der Waals surface area contributed by atoms with Gasteiger partial charge in [0.2, 0.25) is 0 Å². The minimum absolute atomic E-state index is 0.0789. The van der Waals surface area contributed by atoms with E-state index >= 15 is 0 Å². The Bertz CT molecular complexity index is 363. The number of carbonyl (C=O) groups is 2. The molecule has 0 radical (unpaired) electrons. The lowest BCUT2D eigenvalue weighted by Crippen LogP contribution is -2.32. The van der Waals surface area contributed by atoms with Crippen molar-refractivity contribution in [1.82, 2.24) is 5.32 Å². The van der Waals surface area contributed by atoms with Crippen LogP contribution in [0.2, 0.25) is 0 Å². The van der Waals surface area contributed by atoms with Crippen LogP contribution in [0.25, 0.3) is 0 Å². The van der Waals surface area contributed by atoms with Gasteiger partial charge < -0.3 is 15.7 Å². The number of likely N-dealkylation sites (N-methyl/N-ethyl adjacent to an activating group) is 1. The maximum absolute atomic E-state index is 11.1. The molecule has 0 unspecified atom stereocenters. The van der Waals surface area contributed by atoms with E-state index in [0.717, 1.165) is 0 Å². The van der Waals surface area contributed by atoms with Gasteiger partial charge in [-0.2, -0.15) is 0 Å². The molecule has 0 aliphatic rings. The summed E-state index contributed by atoms with van der Waals surface area (Å²) in [4.78, 5) is 21.9. The van der Waals surface area contributed by atoms with Crippen LogP contribution in [-0.2, 0) is 9.59 Å². The molecule has 0 aliphatic carbocycles. The zero-order valence-electron chi connectivity index (χ0n) is 7.57. The predicted octanol–water partition coefficient (Wildman–Crippen LogP) is 0.0767. The van der Waals surface area contributed by atoms with Gasteiger partial charge in [-0.05, 0) is 12.1 Å². The molecule has 5 nitrogen and oxygen atoms in total. The van der Waals surface area contributed by atoms with Gasteiger partial charge in [-0.1, -0.05) is 12.1 Å². The smallest absolute Gasteiger partial charge is 0.313 e. The molecule has 74 valence electrons. The van der Waals surface area contributed by atoms with Crippen LogP contribution in [0.4, 0.5) is 5.69 Å². The van der Waals surface area contributed by atoms with Crippen molar-refractivity contribution in [3.05, 3.63) is 24.3 Å². The molecule has 1 rings (SSSR count). The Hall–Kier alpha value is -2.04. The van der Waals surface area contributed by atoms with E-state index in [4.69, 9.17) is 0 Å². The zero-order valence-corrected chi connectivity index (χ0v) is 7.57. The van der Waals surface area contributed by atoms with E-state index < -0.39 is 11.8 Å². The van der Waals surface area contributed by atoms with E-state index in [1.165, 1.54) is 19.2 Å². The summed E-state index contributed by atoms with van der Waals surface area (Å²) in [5.74, 6) is -1.65. The molecule has 0 bridgehead atoms. The number of rotatable bonds is 1. The number of para-hydroxylation sites is 2. The second-order valence-electron chi connectivity index (χ2n) is 2.55.